The average Bonchev–Trinajstić information content (AvgIpc) is 2.33. The number of nitrogens with two attached hydrogens (primary N) is 1. The third-order valence-electron chi connectivity index (χ3n) is 2.53. The maximum atomic E-state index is 12.6. The number of hydrogen-bond donors (Lipinski definition) is 2. The molecule has 0 aliphatic carbocycles. The number of alkyl halides is 3. The molecule has 0 atom stereocenters. The van der Waals surface area contributed by atoms with E-state index in [0.717, 1.165) is 18.6 Å². The monoisotopic (exact) mass is 272 g/mol. The quantitative estimate of drug-likeness (QED) is 0.809. The molecule has 6 heteroatoms. The molecule has 0 aliphatic rings. The van der Waals surface area contributed by atoms with Crippen molar-refractivity contribution in [3.63, 3.8) is 0 Å². The molecule has 0 aromatic heterocycles. The van der Waals surface area contributed by atoms with E-state index in [-0.39, 0.29) is 16.8 Å². The molecule has 0 saturated heterocycles. The predicted molar refractivity (Wildman–Crippen MR) is 68.5 cm³/mol. The Bertz CT molecular complexity index is 495. The second-order valence-corrected chi connectivity index (χ2v) is 4.03. The molecule has 3 nitrogen and oxygen atoms in total. The van der Waals surface area contributed by atoms with Crippen molar-refractivity contribution in [1.82, 2.24) is 0 Å². The summed E-state index contributed by atoms with van der Waals surface area (Å²) in [6.45, 7) is 5.85. The Morgan fingerprint density at radius 3 is 2.53 bits per heavy atom. The normalized spacial score (nSPS) is 11.2. The Kier molecular flexibility index (Phi) is 4.58. The van der Waals surface area contributed by atoms with Gasteiger partial charge in [-0.2, -0.15) is 13.2 Å². The Hall–Kier alpha value is -1.98. The third-order valence-corrected chi connectivity index (χ3v) is 2.53. The van der Waals surface area contributed by atoms with Gasteiger partial charge in [0.2, 0.25) is 5.91 Å². The number of nitrogens with one attached hydrogen (secondary N) is 1. The first kappa shape index (κ1) is 15.1. The largest absolute Gasteiger partial charge is 0.416 e. The molecule has 0 fully saturated rings. The van der Waals surface area contributed by atoms with Crippen molar-refractivity contribution >= 4 is 17.2 Å². The van der Waals surface area contributed by atoms with E-state index in [1.807, 2.05) is 6.92 Å². The van der Waals surface area contributed by atoms with Crippen LogP contribution in [0.25, 0.3) is 5.57 Å². The van der Waals surface area contributed by atoms with Crippen LogP contribution >= 0.6 is 0 Å². The molecule has 1 aromatic rings. The van der Waals surface area contributed by atoms with Crippen LogP contribution in [0, 0.1) is 0 Å². The van der Waals surface area contributed by atoms with Crippen molar-refractivity contribution in [3.8, 4) is 0 Å². The number of primary amides is 1. The number of benzene rings is 1. The summed E-state index contributed by atoms with van der Waals surface area (Å²) in [5, 5.41) is 2.84. The van der Waals surface area contributed by atoms with Gasteiger partial charge in [-0.3, -0.25) is 4.79 Å². The average molecular weight is 272 g/mol. The lowest BCUT2D eigenvalue weighted by molar-refractivity contribution is -0.137. The summed E-state index contributed by atoms with van der Waals surface area (Å²) >= 11 is 0. The molecule has 3 N–H and O–H groups in total. The zero-order chi connectivity index (χ0) is 14.6. The van der Waals surface area contributed by atoms with Gasteiger partial charge in [0.05, 0.1) is 5.56 Å². The molecule has 0 aliphatic heterocycles. The first-order chi connectivity index (χ1) is 8.77. The fraction of sp³-hybridized carbons (Fsp3) is 0.308. The second kappa shape index (κ2) is 5.77. The highest BCUT2D eigenvalue weighted by Gasteiger charge is 2.31. The lowest BCUT2D eigenvalue weighted by Gasteiger charge is -2.15. The van der Waals surface area contributed by atoms with E-state index in [1.54, 1.807) is 0 Å². The van der Waals surface area contributed by atoms with Crippen LogP contribution in [0.2, 0.25) is 0 Å². The van der Waals surface area contributed by atoms with E-state index in [0.29, 0.717) is 6.54 Å². The van der Waals surface area contributed by atoms with Gasteiger partial charge in [0.15, 0.2) is 0 Å². The molecule has 1 aromatic carbocycles. The molecular formula is C13H15F3N2O. The Morgan fingerprint density at radius 1 is 1.42 bits per heavy atom. The van der Waals surface area contributed by atoms with Gasteiger partial charge in [0.1, 0.15) is 0 Å². The fourth-order valence-corrected chi connectivity index (χ4v) is 1.52. The molecule has 1 amide bonds. The molecule has 0 bridgehead atoms. The smallest absolute Gasteiger partial charge is 0.385 e. The van der Waals surface area contributed by atoms with Gasteiger partial charge in [-0.15, -0.1) is 0 Å². The summed E-state index contributed by atoms with van der Waals surface area (Å²) < 4.78 is 37.9. The van der Waals surface area contributed by atoms with Crippen LogP contribution in [-0.2, 0) is 11.0 Å². The first-order valence-corrected chi connectivity index (χ1v) is 5.71. The van der Waals surface area contributed by atoms with Gasteiger partial charge in [0, 0.05) is 23.4 Å². The fourth-order valence-electron chi connectivity index (χ4n) is 1.52. The molecule has 0 radical (unpaired) electrons. The Labute approximate surface area is 109 Å². The minimum atomic E-state index is -4.44. The van der Waals surface area contributed by atoms with Crippen molar-refractivity contribution in [2.75, 3.05) is 11.9 Å². The van der Waals surface area contributed by atoms with Crippen molar-refractivity contribution in [3.05, 3.63) is 35.9 Å². The maximum Gasteiger partial charge on any atom is 0.416 e. The van der Waals surface area contributed by atoms with Crippen LogP contribution in [0.4, 0.5) is 18.9 Å². The van der Waals surface area contributed by atoms with Gasteiger partial charge in [-0.25, -0.2) is 0 Å². The molecule has 0 unspecified atom stereocenters. The zero-order valence-corrected chi connectivity index (χ0v) is 10.5. The molecule has 104 valence electrons. The van der Waals surface area contributed by atoms with E-state index in [1.165, 1.54) is 6.07 Å². The van der Waals surface area contributed by atoms with Crippen molar-refractivity contribution in [1.29, 1.82) is 0 Å². The lowest BCUT2D eigenvalue weighted by Crippen LogP contribution is -2.15. The Balaban J connectivity index is 3.24. The van der Waals surface area contributed by atoms with Crippen molar-refractivity contribution in [2.45, 2.75) is 19.5 Å². The van der Waals surface area contributed by atoms with Crippen LogP contribution < -0.4 is 11.1 Å². The third kappa shape index (κ3) is 3.74. The number of hydrogen-bond acceptors (Lipinski definition) is 2. The van der Waals surface area contributed by atoms with Gasteiger partial charge < -0.3 is 11.1 Å². The van der Waals surface area contributed by atoms with E-state index in [4.69, 9.17) is 5.73 Å². The Morgan fingerprint density at radius 2 is 2.05 bits per heavy atom. The first-order valence-electron chi connectivity index (χ1n) is 5.71. The molecule has 0 spiro atoms. The highest BCUT2D eigenvalue weighted by molar-refractivity contribution is 6.19. The van der Waals surface area contributed by atoms with Gasteiger partial charge in [-0.05, 0) is 18.6 Å². The minimum absolute atomic E-state index is 0.0210. The van der Waals surface area contributed by atoms with Crippen LogP contribution in [0.1, 0.15) is 24.5 Å². The number of halogens is 3. The van der Waals surface area contributed by atoms with E-state index in [9.17, 15) is 18.0 Å². The summed E-state index contributed by atoms with van der Waals surface area (Å²) in [6.07, 6.45) is -3.70. The molecule has 0 saturated carbocycles. The van der Waals surface area contributed by atoms with Crippen molar-refractivity contribution < 1.29 is 18.0 Å². The summed E-state index contributed by atoms with van der Waals surface area (Å²) in [4.78, 5) is 11.1. The number of carbonyl (C=O) groups is 1. The van der Waals surface area contributed by atoms with E-state index in [2.05, 4.69) is 11.9 Å². The molecule has 0 heterocycles. The summed E-state index contributed by atoms with van der Waals surface area (Å²) in [5.74, 6) is -0.765. The summed E-state index contributed by atoms with van der Waals surface area (Å²) in [6, 6.07) is 3.06. The van der Waals surface area contributed by atoms with Crippen LogP contribution in [-0.4, -0.2) is 12.5 Å². The topological polar surface area (TPSA) is 55.1 Å². The SMILES string of the molecule is C=C(C(N)=O)c1ccc(C(F)(F)F)cc1NCCC. The van der Waals surface area contributed by atoms with E-state index >= 15 is 0 Å². The standard InChI is InChI=1S/C13H15F3N2O/c1-3-6-18-11-7-9(13(14,15)16)4-5-10(11)8(2)12(17)19/h4-5,7,18H,2-3,6H2,1H3,(H2,17,19). The van der Waals surface area contributed by atoms with E-state index < -0.39 is 17.6 Å². The maximum absolute atomic E-state index is 12.6. The predicted octanol–water partition coefficient (Wildman–Crippen LogP) is 3.03. The summed E-state index contributed by atoms with van der Waals surface area (Å²) in [7, 11) is 0. The minimum Gasteiger partial charge on any atom is -0.385 e. The number of anilines is 1. The number of rotatable bonds is 5. The van der Waals surface area contributed by atoms with Crippen molar-refractivity contribution in [2.24, 2.45) is 5.73 Å². The van der Waals surface area contributed by atoms with Gasteiger partial charge in [0.25, 0.3) is 0 Å². The van der Waals surface area contributed by atoms with Crippen LogP contribution in [0.15, 0.2) is 24.8 Å². The van der Waals surface area contributed by atoms with Crippen LogP contribution in [0.3, 0.4) is 0 Å². The number of carbonyl (C=O) groups excluding carboxylic acids is 1. The molecular weight excluding hydrogens is 257 g/mol. The zero-order valence-electron chi connectivity index (χ0n) is 10.5. The highest BCUT2D eigenvalue weighted by Crippen LogP contribution is 2.33. The lowest BCUT2D eigenvalue weighted by atomic mass is 10.0. The second-order valence-electron chi connectivity index (χ2n) is 4.03. The van der Waals surface area contributed by atoms with Gasteiger partial charge in [-0.1, -0.05) is 19.6 Å². The van der Waals surface area contributed by atoms with Gasteiger partial charge >= 0.3 is 6.18 Å². The number of amides is 1. The van der Waals surface area contributed by atoms with Crippen LogP contribution in [0.5, 0.6) is 0 Å². The molecule has 1 rings (SSSR count). The summed E-state index contributed by atoms with van der Waals surface area (Å²) in [5.41, 5.74) is 4.79. The molecule has 19 heavy (non-hydrogen) atoms. The highest BCUT2D eigenvalue weighted by atomic mass is 19.4.